The number of piperidine rings is 1. The van der Waals surface area contributed by atoms with Gasteiger partial charge in [0.25, 0.3) is 0 Å². The van der Waals surface area contributed by atoms with Gasteiger partial charge >= 0.3 is 0 Å². The van der Waals surface area contributed by atoms with Gasteiger partial charge in [-0.1, -0.05) is 44.2 Å². The number of hydrogen-bond donors (Lipinski definition) is 0. The van der Waals surface area contributed by atoms with E-state index < -0.39 is 0 Å². The van der Waals surface area contributed by atoms with Crippen LogP contribution >= 0.6 is 0 Å². The lowest BCUT2D eigenvalue weighted by molar-refractivity contribution is 0.0406. The van der Waals surface area contributed by atoms with Crippen molar-refractivity contribution in [3.8, 4) is 0 Å². The van der Waals surface area contributed by atoms with E-state index in [4.69, 9.17) is 0 Å². The Hall–Kier alpha value is -1.15. The van der Waals surface area contributed by atoms with Crippen LogP contribution in [-0.2, 0) is 0 Å². The van der Waals surface area contributed by atoms with E-state index >= 15 is 0 Å². The molecule has 1 aromatic rings. The Kier molecular flexibility index (Phi) is 4.41. The van der Waals surface area contributed by atoms with Crippen molar-refractivity contribution in [3.05, 3.63) is 35.9 Å². The van der Waals surface area contributed by atoms with Gasteiger partial charge in [-0.25, -0.2) is 0 Å². The first-order valence-corrected chi connectivity index (χ1v) is 7.35. The van der Waals surface area contributed by atoms with Crippen LogP contribution in [0.5, 0.6) is 0 Å². The van der Waals surface area contributed by atoms with Crippen LogP contribution in [0.2, 0.25) is 0 Å². The maximum atomic E-state index is 12.6. The van der Waals surface area contributed by atoms with Crippen LogP contribution in [0.4, 0.5) is 0 Å². The number of ketones is 1. The molecule has 1 aliphatic rings. The van der Waals surface area contributed by atoms with Gasteiger partial charge < -0.3 is 0 Å². The molecule has 0 saturated carbocycles. The summed E-state index contributed by atoms with van der Waals surface area (Å²) < 4.78 is 0. The molecule has 0 aliphatic carbocycles. The highest BCUT2D eigenvalue weighted by molar-refractivity contribution is 5.99. The highest BCUT2D eigenvalue weighted by atomic mass is 16.1. The summed E-state index contributed by atoms with van der Waals surface area (Å²) in [6, 6.07) is 10.1. The highest BCUT2D eigenvalue weighted by Gasteiger charge is 2.34. The lowest BCUT2D eigenvalue weighted by Gasteiger charge is -2.43. The zero-order chi connectivity index (χ0) is 14.0. The molecule has 0 aromatic heterocycles. The Labute approximate surface area is 116 Å². The number of likely N-dealkylation sites (tertiary alicyclic amines) is 1. The first kappa shape index (κ1) is 14.3. The fourth-order valence-electron chi connectivity index (χ4n) is 3.26. The molecule has 1 saturated heterocycles. The average Bonchev–Trinajstić information content (AvgIpc) is 2.42. The first-order valence-electron chi connectivity index (χ1n) is 7.35. The zero-order valence-electron chi connectivity index (χ0n) is 12.5. The fourth-order valence-corrected chi connectivity index (χ4v) is 3.26. The van der Waals surface area contributed by atoms with Gasteiger partial charge in [0.15, 0.2) is 5.78 Å². The van der Waals surface area contributed by atoms with E-state index in [2.05, 4.69) is 32.6 Å². The fraction of sp³-hybridized carbons (Fsp3) is 0.588. The van der Waals surface area contributed by atoms with Crippen LogP contribution in [-0.4, -0.2) is 29.3 Å². The van der Waals surface area contributed by atoms with Crippen LogP contribution in [0.25, 0.3) is 0 Å². The van der Waals surface area contributed by atoms with Crippen LogP contribution in [0.3, 0.4) is 0 Å². The summed E-state index contributed by atoms with van der Waals surface area (Å²) in [5.74, 6) is 1.58. The molecule has 1 aromatic carbocycles. The minimum atomic E-state index is -0.0254. The predicted molar refractivity (Wildman–Crippen MR) is 79.3 cm³/mol. The van der Waals surface area contributed by atoms with Crippen molar-refractivity contribution in [2.45, 2.75) is 46.2 Å². The third-order valence-corrected chi connectivity index (χ3v) is 4.58. The van der Waals surface area contributed by atoms with Crippen molar-refractivity contribution >= 4 is 5.78 Å². The van der Waals surface area contributed by atoms with Gasteiger partial charge in [0.1, 0.15) is 0 Å². The Balaban J connectivity index is 2.14. The smallest absolute Gasteiger partial charge is 0.179 e. The summed E-state index contributed by atoms with van der Waals surface area (Å²) in [6.45, 7) is 9.93. The summed E-state index contributed by atoms with van der Waals surface area (Å²) >= 11 is 0. The molecular weight excluding hydrogens is 234 g/mol. The molecule has 4 atom stereocenters. The Morgan fingerprint density at radius 1 is 1.21 bits per heavy atom. The van der Waals surface area contributed by atoms with Crippen LogP contribution in [0.1, 0.15) is 44.5 Å². The van der Waals surface area contributed by atoms with Gasteiger partial charge in [-0.3, -0.25) is 9.69 Å². The topological polar surface area (TPSA) is 20.3 Å². The molecule has 2 nitrogen and oxygen atoms in total. The maximum Gasteiger partial charge on any atom is 0.179 e. The van der Waals surface area contributed by atoms with Crippen molar-refractivity contribution in [1.82, 2.24) is 4.90 Å². The van der Waals surface area contributed by atoms with Crippen molar-refractivity contribution < 1.29 is 4.79 Å². The minimum Gasteiger partial charge on any atom is -0.292 e. The molecule has 1 aliphatic heterocycles. The molecule has 0 amide bonds. The summed E-state index contributed by atoms with van der Waals surface area (Å²) in [7, 11) is 0. The summed E-state index contributed by atoms with van der Waals surface area (Å²) in [6.07, 6.45) is 1.27. The third kappa shape index (κ3) is 3.06. The number of rotatable bonds is 3. The van der Waals surface area contributed by atoms with E-state index in [1.54, 1.807) is 0 Å². The number of nitrogens with zero attached hydrogens (tertiary/aromatic N) is 1. The molecular formula is C17H25NO. The van der Waals surface area contributed by atoms with Crippen LogP contribution in [0, 0.1) is 11.8 Å². The van der Waals surface area contributed by atoms with E-state index in [1.807, 2.05) is 30.3 Å². The number of hydrogen-bond acceptors (Lipinski definition) is 2. The summed E-state index contributed by atoms with van der Waals surface area (Å²) in [5, 5.41) is 0. The second-order valence-electron chi connectivity index (χ2n) is 6.16. The van der Waals surface area contributed by atoms with E-state index in [0.717, 1.165) is 12.1 Å². The van der Waals surface area contributed by atoms with Gasteiger partial charge in [-0.05, 0) is 32.1 Å². The van der Waals surface area contributed by atoms with E-state index in [-0.39, 0.29) is 11.8 Å². The molecule has 1 heterocycles. The van der Waals surface area contributed by atoms with Gasteiger partial charge in [-0.2, -0.15) is 0 Å². The molecule has 4 unspecified atom stereocenters. The molecule has 19 heavy (non-hydrogen) atoms. The largest absolute Gasteiger partial charge is 0.292 e. The Bertz CT molecular complexity index is 428. The standard InChI is InChI=1S/C17H25NO/c1-12-10-13(2)14(3)18(11-12)15(4)17(19)16-8-6-5-7-9-16/h5-9,12-15H,10-11H2,1-4H3. The van der Waals surface area contributed by atoms with Crippen molar-refractivity contribution in [1.29, 1.82) is 0 Å². The second-order valence-corrected chi connectivity index (χ2v) is 6.16. The van der Waals surface area contributed by atoms with Gasteiger partial charge in [-0.15, -0.1) is 0 Å². The van der Waals surface area contributed by atoms with Gasteiger partial charge in [0, 0.05) is 18.2 Å². The minimum absolute atomic E-state index is 0.0254. The number of benzene rings is 1. The number of carbonyl (C=O) groups is 1. The Morgan fingerprint density at radius 3 is 2.47 bits per heavy atom. The lowest BCUT2D eigenvalue weighted by atomic mass is 9.84. The van der Waals surface area contributed by atoms with Crippen molar-refractivity contribution in [2.24, 2.45) is 11.8 Å². The quantitative estimate of drug-likeness (QED) is 0.773. The molecule has 0 N–H and O–H groups in total. The SMILES string of the molecule is CC1CC(C)C(C)N(C(C)C(=O)c2ccccc2)C1. The molecule has 0 spiro atoms. The zero-order valence-corrected chi connectivity index (χ0v) is 12.5. The maximum absolute atomic E-state index is 12.6. The second kappa shape index (κ2) is 5.87. The summed E-state index contributed by atoms with van der Waals surface area (Å²) in [5.41, 5.74) is 0.827. The number of carbonyl (C=O) groups excluding carboxylic acids is 1. The van der Waals surface area contributed by atoms with E-state index in [1.165, 1.54) is 6.42 Å². The highest BCUT2D eigenvalue weighted by Crippen LogP contribution is 2.29. The normalized spacial score (nSPS) is 30.0. The van der Waals surface area contributed by atoms with Crippen molar-refractivity contribution in [3.63, 3.8) is 0 Å². The molecule has 104 valence electrons. The lowest BCUT2D eigenvalue weighted by Crippen LogP contribution is -2.52. The van der Waals surface area contributed by atoms with E-state index in [0.29, 0.717) is 17.9 Å². The number of Topliss-reactive ketones (excluding diaryl/α,β-unsaturated/α-hetero) is 1. The molecule has 1 fully saturated rings. The molecule has 0 bridgehead atoms. The van der Waals surface area contributed by atoms with Crippen molar-refractivity contribution in [2.75, 3.05) is 6.54 Å². The van der Waals surface area contributed by atoms with E-state index in [9.17, 15) is 4.79 Å². The average molecular weight is 259 g/mol. The van der Waals surface area contributed by atoms with Crippen LogP contribution < -0.4 is 0 Å². The summed E-state index contributed by atoms with van der Waals surface area (Å²) in [4.78, 5) is 14.9. The monoisotopic (exact) mass is 259 g/mol. The van der Waals surface area contributed by atoms with Crippen LogP contribution in [0.15, 0.2) is 30.3 Å². The van der Waals surface area contributed by atoms with Gasteiger partial charge in [0.2, 0.25) is 0 Å². The molecule has 0 radical (unpaired) electrons. The third-order valence-electron chi connectivity index (χ3n) is 4.58. The predicted octanol–water partition coefficient (Wildman–Crippen LogP) is 3.62. The Morgan fingerprint density at radius 2 is 1.84 bits per heavy atom. The molecule has 2 rings (SSSR count). The molecule has 2 heteroatoms. The first-order chi connectivity index (χ1) is 9.00. The van der Waals surface area contributed by atoms with Gasteiger partial charge in [0.05, 0.1) is 6.04 Å².